The van der Waals surface area contributed by atoms with Gasteiger partial charge in [0.2, 0.25) is 0 Å². The predicted molar refractivity (Wildman–Crippen MR) is 139 cm³/mol. The first-order valence-electron chi connectivity index (χ1n) is 11.8. The average Bonchev–Trinajstić information content (AvgIpc) is 3.10. The Hall–Kier alpha value is -3.09. The molecule has 0 saturated carbocycles. The van der Waals surface area contributed by atoms with E-state index in [4.69, 9.17) is 0 Å². The zero-order valence-corrected chi connectivity index (χ0v) is 22.6. The van der Waals surface area contributed by atoms with Gasteiger partial charge in [-0.1, -0.05) is 57.5 Å². The standard InChI is InChI=1S/C18H14N.C14H12N.Pt/c1-18(2)14-8-4-3-7-13(14)17-16-12(10-11-19-17)6-5-9-15(16)18;1-14(2)11-7-4-3-6-10(11)13-12(14)8-5-9-15-13;/h3-6,8-11H,1-2H3;3-5,7-9H,1-2H3;/q2*-1;+2. The summed E-state index contributed by atoms with van der Waals surface area (Å²) in [6, 6.07) is 31.9. The van der Waals surface area contributed by atoms with Gasteiger partial charge >= 0.3 is 21.1 Å². The van der Waals surface area contributed by atoms with Gasteiger partial charge in [0.25, 0.3) is 0 Å². The van der Waals surface area contributed by atoms with Crippen LogP contribution in [0.15, 0.2) is 85.2 Å². The fraction of sp³-hybridized carbons (Fsp3) is 0.188. The number of pyridine rings is 2. The number of aromatic nitrogens is 2. The van der Waals surface area contributed by atoms with Gasteiger partial charge in [0, 0.05) is 12.4 Å². The molecule has 0 aliphatic heterocycles. The van der Waals surface area contributed by atoms with Crippen molar-refractivity contribution in [3.63, 3.8) is 0 Å². The first-order chi connectivity index (χ1) is 16.4. The smallest absolute Gasteiger partial charge is 0.304 e. The van der Waals surface area contributed by atoms with Gasteiger partial charge in [-0.25, -0.2) is 0 Å². The molecule has 0 amide bonds. The largest absolute Gasteiger partial charge is 2.00 e. The van der Waals surface area contributed by atoms with E-state index in [1.54, 1.807) is 0 Å². The van der Waals surface area contributed by atoms with Gasteiger partial charge in [-0.05, 0) is 50.7 Å². The Balaban J connectivity index is 0.000000145. The summed E-state index contributed by atoms with van der Waals surface area (Å²) in [6.45, 7) is 9.05. The summed E-state index contributed by atoms with van der Waals surface area (Å²) in [5.41, 5.74) is 9.87. The van der Waals surface area contributed by atoms with Crippen molar-refractivity contribution >= 4 is 10.8 Å². The van der Waals surface area contributed by atoms with Gasteiger partial charge in [-0.3, -0.25) is 0 Å². The van der Waals surface area contributed by atoms with Crippen molar-refractivity contribution in [2.45, 2.75) is 38.5 Å². The Bertz CT molecular complexity index is 1510. The van der Waals surface area contributed by atoms with E-state index < -0.39 is 0 Å². The Morgan fingerprint density at radius 1 is 0.571 bits per heavy atom. The number of hydrogen-bond donors (Lipinski definition) is 0. The van der Waals surface area contributed by atoms with Crippen molar-refractivity contribution < 1.29 is 21.1 Å². The minimum Gasteiger partial charge on any atom is -0.304 e. The molecule has 0 N–H and O–H groups in total. The molecule has 7 rings (SSSR count). The summed E-state index contributed by atoms with van der Waals surface area (Å²) in [5, 5.41) is 2.54. The summed E-state index contributed by atoms with van der Waals surface area (Å²) in [7, 11) is 0. The monoisotopic (exact) mass is 633 g/mol. The van der Waals surface area contributed by atoms with Crippen LogP contribution in [0.3, 0.4) is 0 Å². The van der Waals surface area contributed by atoms with Gasteiger partial charge in [0.05, 0.1) is 0 Å². The van der Waals surface area contributed by atoms with Gasteiger partial charge in [0.1, 0.15) is 0 Å². The van der Waals surface area contributed by atoms with E-state index in [0.717, 1.165) is 22.5 Å². The van der Waals surface area contributed by atoms with Crippen LogP contribution in [0.4, 0.5) is 0 Å². The third-order valence-electron chi connectivity index (χ3n) is 7.48. The van der Waals surface area contributed by atoms with Crippen LogP contribution in [0.25, 0.3) is 33.3 Å². The van der Waals surface area contributed by atoms with Crippen molar-refractivity contribution in [3.05, 3.63) is 120 Å². The number of fused-ring (bicyclic) bond motifs is 5. The molecule has 0 bridgehead atoms. The van der Waals surface area contributed by atoms with Crippen molar-refractivity contribution in [2.24, 2.45) is 0 Å². The number of nitrogens with zero attached hydrogens (tertiary/aromatic N) is 2. The number of rotatable bonds is 0. The van der Waals surface area contributed by atoms with E-state index >= 15 is 0 Å². The Labute approximate surface area is 221 Å². The summed E-state index contributed by atoms with van der Waals surface area (Å²) in [5.74, 6) is 0. The van der Waals surface area contributed by atoms with E-state index in [0.29, 0.717) is 0 Å². The molecule has 0 saturated heterocycles. The van der Waals surface area contributed by atoms with E-state index in [1.807, 2.05) is 36.7 Å². The van der Waals surface area contributed by atoms with Gasteiger partial charge in [0.15, 0.2) is 0 Å². The third kappa shape index (κ3) is 3.50. The van der Waals surface area contributed by atoms with Crippen LogP contribution in [-0.4, -0.2) is 9.97 Å². The molecular weight excluding hydrogens is 607 g/mol. The fourth-order valence-corrected chi connectivity index (χ4v) is 5.65. The molecular formula is C32H26N2Pt. The Kier molecular flexibility index (Phi) is 5.77. The maximum absolute atomic E-state index is 4.61. The van der Waals surface area contributed by atoms with Crippen LogP contribution < -0.4 is 0 Å². The molecule has 0 spiro atoms. The molecule has 3 aromatic carbocycles. The second-order valence-electron chi connectivity index (χ2n) is 10.1. The zero-order chi connectivity index (χ0) is 23.5. The second-order valence-corrected chi connectivity index (χ2v) is 10.1. The summed E-state index contributed by atoms with van der Waals surface area (Å²) >= 11 is 0. The van der Waals surface area contributed by atoms with E-state index in [1.165, 1.54) is 33.0 Å². The minimum atomic E-state index is 0. The molecule has 2 aliphatic rings. The molecule has 0 unspecified atom stereocenters. The molecule has 2 aliphatic carbocycles. The van der Waals surface area contributed by atoms with Crippen molar-refractivity contribution in [1.82, 2.24) is 9.97 Å². The number of hydrogen-bond acceptors (Lipinski definition) is 2. The molecule has 2 nitrogen and oxygen atoms in total. The SMILES string of the molecule is CC1(C)c2ccc[c-]c2-c2nccc3cccc1c23.CC1(C)c2ccc[c-]c2-c2ncccc21.[Pt+2]. The molecule has 0 radical (unpaired) electrons. The van der Waals surface area contributed by atoms with Crippen LogP contribution in [0.5, 0.6) is 0 Å². The third-order valence-corrected chi connectivity index (χ3v) is 7.48. The topological polar surface area (TPSA) is 25.8 Å². The molecule has 35 heavy (non-hydrogen) atoms. The average molecular weight is 634 g/mol. The molecule has 5 aromatic rings. The maximum atomic E-state index is 4.61. The minimum absolute atomic E-state index is 0. The van der Waals surface area contributed by atoms with Gasteiger partial charge < -0.3 is 9.97 Å². The number of benzene rings is 3. The Morgan fingerprint density at radius 2 is 1.14 bits per heavy atom. The van der Waals surface area contributed by atoms with Crippen LogP contribution in [0, 0.1) is 12.1 Å². The van der Waals surface area contributed by atoms with E-state index in [-0.39, 0.29) is 31.9 Å². The van der Waals surface area contributed by atoms with Crippen molar-refractivity contribution in [1.29, 1.82) is 0 Å². The summed E-state index contributed by atoms with van der Waals surface area (Å²) in [4.78, 5) is 9.08. The van der Waals surface area contributed by atoms with Crippen LogP contribution in [0.1, 0.15) is 49.9 Å². The van der Waals surface area contributed by atoms with E-state index in [2.05, 4.69) is 98.3 Å². The van der Waals surface area contributed by atoms with Crippen molar-refractivity contribution in [3.8, 4) is 22.5 Å². The first kappa shape index (κ1) is 23.6. The zero-order valence-electron chi connectivity index (χ0n) is 20.3. The molecule has 0 fully saturated rings. The quantitative estimate of drug-likeness (QED) is 0.165. The molecule has 174 valence electrons. The van der Waals surface area contributed by atoms with Gasteiger partial charge in [-0.15, -0.1) is 70.8 Å². The molecule has 0 atom stereocenters. The predicted octanol–water partition coefficient (Wildman–Crippen LogP) is 7.53. The second kappa shape index (κ2) is 8.54. The van der Waals surface area contributed by atoms with Crippen LogP contribution >= 0.6 is 0 Å². The van der Waals surface area contributed by atoms with Crippen molar-refractivity contribution in [2.75, 3.05) is 0 Å². The maximum Gasteiger partial charge on any atom is 2.00 e. The fourth-order valence-electron chi connectivity index (χ4n) is 5.65. The van der Waals surface area contributed by atoms with Crippen LogP contribution in [-0.2, 0) is 31.9 Å². The molecule has 2 aromatic heterocycles. The molecule has 2 heterocycles. The van der Waals surface area contributed by atoms with Gasteiger partial charge in [-0.2, -0.15) is 0 Å². The summed E-state index contributed by atoms with van der Waals surface area (Å²) in [6.07, 6.45) is 3.75. The van der Waals surface area contributed by atoms with E-state index in [9.17, 15) is 0 Å². The summed E-state index contributed by atoms with van der Waals surface area (Å²) < 4.78 is 0. The normalized spacial score (nSPS) is 15.1. The first-order valence-corrected chi connectivity index (χ1v) is 11.8. The van der Waals surface area contributed by atoms with Crippen LogP contribution in [0.2, 0.25) is 0 Å². The Morgan fingerprint density at radius 3 is 1.86 bits per heavy atom. The molecule has 3 heteroatoms.